The molecule has 0 aliphatic heterocycles. The molecule has 0 amide bonds. The summed E-state index contributed by atoms with van der Waals surface area (Å²) < 4.78 is 33.6. The average Bonchev–Trinajstić information content (AvgIpc) is 3.28. The van der Waals surface area contributed by atoms with Crippen LogP contribution in [-0.2, 0) is 32.7 Å². The van der Waals surface area contributed by atoms with E-state index < -0.39 is 75.7 Å². The first-order valence-electron chi connectivity index (χ1n) is 26.0. The van der Waals surface area contributed by atoms with Crippen molar-refractivity contribution in [3.8, 4) is 0 Å². The summed E-state index contributed by atoms with van der Waals surface area (Å²) in [6.45, 7) is 3.31. The minimum Gasteiger partial charge on any atom is -0.462 e. The highest BCUT2D eigenvalue weighted by atomic mass is 31.2. The molecule has 13 nitrogen and oxygen atoms in total. The first-order valence-corrected chi connectivity index (χ1v) is 27.5. The smallest absolute Gasteiger partial charge is 0.462 e. The molecule has 64 heavy (non-hydrogen) atoms. The lowest BCUT2D eigenvalue weighted by Gasteiger charge is -2.41. The zero-order valence-electron chi connectivity index (χ0n) is 40.3. The fourth-order valence-electron chi connectivity index (χ4n) is 8.17. The Hall–Kier alpha value is -1.41. The predicted octanol–water partition coefficient (Wildman–Crippen LogP) is 11.0. The van der Waals surface area contributed by atoms with Gasteiger partial charge in [0.25, 0.3) is 0 Å². The van der Waals surface area contributed by atoms with Gasteiger partial charge in [0, 0.05) is 12.8 Å². The van der Waals surface area contributed by atoms with E-state index in [1.807, 2.05) is 0 Å². The lowest BCUT2D eigenvalue weighted by atomic mass is 9.85. The summed E-state index contributed by atoms with van der Waals surface area (Å²) in [7, 11) is -5.12. The topological polar surface area (TPSA) is 210 Å². The van der Waals surface area contributed by atoms with Crippen LogP contribution in [0.5, 0.6) is 0 Å². The Morgan fingerprint density at radius 2 is 0.797 bits per heavy atom. The number of hydrogen-bond acceptors (Lipinski definition) is 12. The van der Waals surface area contributed by atoms with E-state index in [1.54, 1.807) is 0 Å². The second-order valence-electron chi connectivity index (χ2n) is 18.4. The highest BCUT2D eigenvalue weighted by molar-refractivity contribution is 7.47. The zero-order valence-corrected chi connectivity index (χ0v) is 41.2. The highest BCUT2D eigenvalue weighted by Gasteiger charge is 2.51. The van der Waals surface area contributed by atoms with Gasteiger partial charge in [-0.05, 0) is 38.5 Å². The Labute approximate surface area is 388 Å². The van der Waals surface area contributed by atoms with Gasteiger partial charge >= 0.3 is 19.8 Å². The largest absolute Gasteiger partial charge is 0.472 e. The van der Waals surface area contributed by atoms with Crippen molar-refractivity contribution in [3.05, 3.63) is 12.2 Å². The monoisotopic (exact) mass is 935 g/mol. The number of allylic oxidation sites excluding steroid dienone is 2. The SMILES string of the molecule is CCCCCCCC/C=C/CCCCCC(=O)OC[C@H](COP(=O)(O)OC1C(O)C(O)C(O)[C@@H](O)C1O)OC(=O)CCCCCCCCCCCCCCCCCCCCCCCC. The molecular weight excluding hydrogens is 840 g/mol. The van der Waals surface area contributed by atoms with Crippen molar-refractivity contribution in [2.45, 2.75) is 281 Å². The number of phosphoric acid groups is 1. The molecule has 1 saturated carbocycles. The van der Waals surface area contributed by atoms with E-state index in [4.69, 9.17) is 18.5 Å². The Kier molecular flexibility index (Phi) is 38.5. The molecule has 1 aliphatic carbocycles. The molecule has 0 aromatic rings. The summed E-state index contributed by atoms with van der Waals surface area (Å²) in [5.74, 6) is -1.10. The Balaban J connectivity index is 2.36. The minimum absolute atomic E-state index is 0.100. The van der Waals surface area contributed by atoms with Gasteiger partial charge in [0.15, 0.2) is 6.10 Å². The van der Waals surface area contributed by atoms with Gasteiger partial charge in [-0.25, -0.2) is 4.57 Å². The van der Waals surface area contributed by atoms with E-state index in [9.17, 15) is 44.6 Å². The van der Waals surface area contributed by atoms with Crippen molar-refractivity contribution in [1.29, 1.82) is 0 Å². The van der Waals surface area contributed by atoms with Crippen LogP contribution in [0.1, 0.15) is 239 Å². The summed E-state index contributed by atoms with van der Waals surface area (Å²) in [6, 6.07) is 0. The second kappa shape index (κ2) is 40.6. The predicted molar refractivity (Wildman–Crippen MR) is 254 cm³/mol. The number of rotatable bonds is 44. The number of aliphatic hydroxyl groups is 5. The van der Waals surface area contributed by atoms with Crippen molar-refractivity contribution in [3.63, 3.8) is 0 Å². The van der Waals surface area contributed by atoms with Gasteiger partial charge in [-0.2, -0.15) is 0 Å². The van der Waals surface area contributed by atoms with E-state index in [0.717, 1.165) is 44.9 Å². The van der Waals surface area contributed by atoms with Crippen molar-refractivity contribution in [2.24, 2.45) is 0 Å². The van der Waals surface area contributed by atoms with Crippen LogP contribution in [0.2, 0.25) is 0 Å². The molecule has 6 N–H and O–H groups in total. The van der Waals surface area contributed by atoms with E-state index >= 15 is 0 Å². The van der Waals surface area contributed by atoms with Crippen LogP contribution >= 0.6 is 7.82 Å². The van der Waals surface area contributed by atoms with E-state index in [-0.39, 0.29) is 12.8 Å². The third-order valence-corrected chi connectivity index (χ3v) is 13.3. The summed E-state index contributed by atoms with van der Waals surface area (Å²) in [5, 5.41) is 50.2. The molecule has 0 aromatic heterocycles. The molecular formula is C50H95O13P. The molecule has 1 aliphatic rings. The van der Waals surface area contributed by atoms with Gasteiger partial charge in [-0.1, -0.05) is 199 Å². The standard InChI is InChI=1S/C50H95O13P/c1-3-5-7-9-11-13-15-17-18-19-20-21-22-23-24-25-27-29-31-33-35-37-39-44(52)62-42(41-61-64(58,59)63-50-48(56)46(54)45(53)47(55)49(50)57)40-60-43(51)38-36-34-32-30-28-26-16-14-12-10-8-6-4-2/h26,28,42,45-50,53-57H,3-25,27,29-41H2,1-2H3,(H,58,59)/b28-26+/t42-,45?,46-,47?,48?,49?,50?/m1/s1. The second-order valence-corrected chi connectivity index (χ2v) is 19.8. The minimum atomic E-state index is -5.12. The third kappa shape index (κ3) is 32.3. The van der Waals surface area contributed by atoms with Crippen molar-refractivity contribution >= 4 is 19.8 Å². The molecule has 1 rings (SSSR count). The van der Waals surface area contributed by atoms with E-state index in [2.05, 4.69) is 26.0 Å². The molecule has 0 saturated heterocycles. The summed E-state index contributed by atoms with van der Waals surface area (Å²) in [4.78, 5) is 35.8. The quantitative estimate of drug-likeness (QED) is 0.0146. The maximum atomic E-state index is 12.8. The van der Waals surface area contributed by atoms with Gasteiger partial charge in [0.05, 0.1) is 6.61 Å². The van der Waals surface area contributed by atoms with Gasteiger partial charge in [0.1, 0.15) is 43.2 Å². The summed E-state index contributed by atoms with van der Waals surface area (Å²) in [6.07, 6.45) is 31.3. The lowest BCUT2D eigenvalue weighted by molar-refractivity contribution is -0.220. The fraction of sp³-hybridized carbons (Fsp3) is 0.920. The number of phosphoric ester groups is 1. The Bertz CT molecular complexity index is 1170. The van der Waals surface area contributed by atoms with Crippen LogP contribution in [0.15, 0.2) is 12.2 Å². The van der Waals surface area contributed by atoms with Gasteiger partial charge in [-0.15, -0.1) is 0 Å². The maximum absolute atomic E-state index is 12.8. The molecule has 0 aromatic carbocycles. The molecule has 0 bridgehead atoms. The van der Waals surface area contributed by atoms with Gasteiger partial charge < -0.3 is 39.9 Å². The van der Waals surface area contributed by atoms with Crippen LogP contribution < -0.4 is 0 Å². The van der Waals surface area contributed by atoms with Crippen LogP contribution in [0.25, 0.3) is 0 Å². The van der Waals surface area contributed by atoms with Crippen LogP contribution in [-0.4, -0.2) is 98.3 Å². The zero-order chi connectivity index (χ0) is 47.1. The number of carbonyl (C=O) groups excluding carboxylic acids is 2. The van der Waals surface area contributed by atoms with Crippen LogP contribution in [0.3, 0.4) is 0 Å². The molecule has 14 heteroatoms. The van der Waals surface area contributed by atoms with E-state index in [0.29, 0.717) is 12.8 Å². The highest BCUT2D eigenvalue weighted by Crippen LogP contribution is 2.47. The molecule has 1 fully saturated rings. The van der Waals surface area contributed by atoms with Crippen molar-refractivity contribution in [1.82, 2.24) is 0 Å². The van der Waals surface area contributed by atoms with Crippen molar-refractivity contribution < 1.29 is 63.1 Å². The van der Waals surface area contributed by atoms with Crippen LogP contribution in [0.4, 0.5) is 0 Å². The number of aliphatic hydroxyl groups excluding tert-OH is 5. The average molecular weight is 935 g/mol. The number of ether oxygens (including phenoxy) is 2. The Morgan fingerprint density at radius 3 is 1.20 bits per heavy atom. The first-order chi connectivity index (χ1) is 30.9. The number of esters is 2. The fourth-order valence-corrected chi connectivity index (χ4v) is 9.14. The molecule has 378 valence electrons. The number of carbonyl (C=O) groups is 2. The lowest BCUT2D eigenvalue weighted by Crippen LogP contribution is -2.64. The van der Waals surface area contributed by atoms with E-state index in [1.165, 1.54) is 154 Å². The maximum Gasteiger partial charge on any atom is 0.472 e. The molecule has 0 heterocycles. The first kappa shape index (κ1) is 60.6. The molecule has 8 atom stereocenters. The normalized spacial score (nSPS) is 21.6. The van der Waals surface area contributed by atoms with Crippen LogP contribution in [0, 0.1) is 0 Å². The van der Waals surface area contributed by atoms with Crippen molar-refractivity contribution in [2.75, 3.05) is 13.2 Å². The van der Waals surface area contributed by atoms with Gasteiger partial charge in [-0.3, -0.25) is 18.6 Å². The Morgan fingerprint density at radius 1 is 0.469 bits per heavy atom. The molecule has 0 spiro atoms. The summed E-state index contributed by atoms with van der Waals surface area (Å²) in [5.41, 5.74) is 0. The number of hydrogen-bond donors (Lipinski definition) is 6. The third-order valence-electron chi connectivity index (χ3n) is 12.4. The number of unbranched alkanes of at least 4 members (excludes halogenated alkanes) is 30. The summed E-state index contributed by atoms with van der Waals surface area (Å²) >= 11 is 0. The molecule has 6 unspecified atom stereocenters. The molecule has 0 radical (unpaired) electrons. The van der Waals surface area contributed by atoms with Gasteiger partial charge in [0.2, 0.25) is 0 Å².